The monoisotopic (exact) mass is 111 g/mol. The van der Waals surface area contributed by atoms with Crippen molar-refractivity contribution in [1.82, 2.24) is 0 Å². The maximum absolute atomic E-state index is 3.73. The molecule has 0 heterocycles. The first-order valence-corrected chi connectivity index (χ1v) is 3.36. The molecule has 0 amide bonds. The van der Waals surface area contributed by atoms with E-state index >= 15 is 0 Å². The molecular formula is C8H15+. The Hall–Kier alpha value is -0.390. The first-order valence-electron chi connectivity index (χ1n) is 3.36. The Morgan fingerprint density at radius 1 is 1.25 bits per heavy atom. The zero-order valence-electron chi connectivity index (χ0n) is 5.69. The molecule has 0 aliphatic carbocycles. The van der Waals surface area contributed by atoms with Crippen LogP contribution in [0.2, 0.25) is 0 Å². The molecule has 0 heteroatoms. The van der Waals surface area contributed by atoms with Crippen LogP contribution in [0.25, 0.3) is 0 Å². The first-order chi connectivity index (χ1) is 3.91. The van der Waals surface area contributed by atoms with Crippen molar-refractivity contribution in [3.05, 3.63) is 19.1 Å². The van der Waals surface area contributed by atoms with Crippen LogP contribution < -0.4 is 0 Å². The molecule has 0 atom stereocenters. The van der Waals surface area contributed by atoms with Crippen molar-refractivity contribution in [1.29, 1.82) is 0 Å². The van der Waals surface area contributed by atoms with Gasteiger partial charge in [-0.15, -0.1) is 0 Å². The lowest BCUT2D eigenvalue weighted by Crippen LogP contribution is -1.62. The summed E-state index contributed by atoms with van der Waals surface area (Å²) in [4.78, 5) is 0. The van der Waals surface area contributed by atoms with Crippen LogP contribution in [0.1, 0.15) is 32.6 Å². The highest BCUT2D eigenvalue weighted by molar-refractivity contribution is 4.80. The van der Waals surface area contributed by atoms with E-state index in [2.05, 4.69) is 26.0 Å². The minimum absolute atomic E-state index is 1.03. The topological polar surface area (TPSA) is 0 Å². The van der Waals surface area contributed by atoms with Gasteiger partial charge in [0.25, 0.3) is 0 Å². The van der Waals surface area contributed by atoms with E-state index < -0.39 is 0 Å². The second-order valence-corrected chi connectivity index (χ2v) is 1.90. The van der Waals surface area contributed by atoms with Gasteiger partial charge in [-0.25, -0.2) is 0 Å². The van der Waals surface area contributed by atoms with Gasteiger partial charge < -0.3 is 0 Å². The van der Waals surface area contributed by atoms with Gasteiger partial charge in [0.1, 0.15) is 0 Å². The lowest BCUT2D eigenvalue weighted by atomic mass is 10.2. The molecule has 0 unspecified atom stereocenters. The van der Waals surface area contributed by atoms with Crippen molar-refractivity contribution in [2.75, 3.05) is 0 Å². The van der Waals surface area contributed by atoms with Gasteiger partial charge in [0.05, 0.1) is 13.3 Å². The number of unbranched alkanes of at least 4 members (excludes halogenated alkanes) is 2. The molecule has 46 valence electrons. The van der Waals surface area contributed by atoms with Crippen molar-refractivity contribution in [2.45, 2.75) is 32.6 Å². The van der Waals surface area contributed by atoms with Gasteiger partial charge in [0, 0.05) is 6.42 Å². The normalized spacial score (nSPS) is 10.6. The number of rotatable bonds is 4. The summed E-state index contributed by atoms with van der Waals surface area (Å²) >= 11 is 0. The Kier molecular flexibility index (Phi) is 6.29. The summed E-state index contributed by atoms with van der Waals surface area (Å²) in [5.41, 5.74) is 0. The van der Waals surface area contributed by atoms with E-state index in [1.807, 2.05) is 0 Å². The Bertz CT molecular complexity index is 45.1. The average Bonchev–Trinajstić information content (AvgIpc) is 1.81. The lowest BCUT2D eigenvalue weighted by Gasteiger charge is -1.80. The Morgan fingerprint density at radius 2 is 1.88 bits per heavy atom. The van der Waals surface area contributed by atoms with Gasteiger partial charge in [-0.05, 0) is 6.42 Å². The third-order valence-electron chi connectivity index (χ3n) is 0.993. The fourth-order valence-corrected chi connectivity index (χ4v) is 0.520. The van der Waals surface area contributed by atoms with Crippen molar-refractivity contribution in [3.63, 3.8) is 0 Å². The maximum Gasteiger partial charge on any atom is 0.0885 e. The number of hydrogen-bond donors (Lipinski definition) is 0. The van der Waals surface area contributed by atoms with Crippen LogP contribution in [0.5, 0.6) is 0 Å². The van der Waals surface area contributed by atoms with Crippen LogP contribution in [0.3, 0.4) is 0 Å². The molecule has 0 aliphatic heterocycles. The van der Waals surface area contributed by atoms with Crippen LogP contribution in [0.15, 0.2) is 12.2 Å². The minimum atomic E-state index is 1.03. The van der Waals surface area contributed by atoms with E-state index in [9.17, 15) is 0 Å². The molecular weight excluding hydrogens is 96.1 g/mol. The highest BCUT2D eigenvalue weighted by Crippen LogP contribution is 1.92. The second-order valence-electron chi connectivity index (χ2n) is 1.90. The molecule has 0 bridgehead atoms. The van der Waals surface area contributed by atoms with Crippen molar-refractivity contribution in [3.8, 4) is 0 Å². The Morgan fingerprint density at radius 3 is 2.38 bits per heavy atom. The van der Waals surface area contributed by atoms with Gasteiger partial charge in [0.2, 0.25) is 0 Å². The second kappa shape index (κ2) is 6.61. The fraction of sp³-hybridized carbons (Fsp3) is 0.625. The highest BCUT2D eigenvalue weighted by atomic mass is 13.8. The largest absolute Gasteiger partial charge is 0.0885 e. The summed E-state index contributed by atoms with van der Waals surface area (Å²) in [7, 11) is 0. The van der Waals surface area contributed by atoms with E-state index in [4.69, 9.17) is 0 Å². The maximum atomic E-state index is 3.73. The molecule has 0 N–H and O–H groups in total. The summed E-state index contributed by atoms with van der Waals surface area (Å²) in [6.07, 6.45) is 9.08. The molecule has 0 aromatic rings. The zero-order valence-corrected chi connectivity index (χ0v) is 5.69. The van der Waals surface area contributed by atoms with Gasteiger partial charge >= 0.3 is 0 Å². The van der Waals surface area contributed by atoms with Gasteiger partial charge in [-0.1, -0.05) is 25.5 Å². The minimum Gasteiger partial charge on any atom is -0.0884 e. The van der Waals surface area contributed by atoms with E-state index in [1.54, 1.807) is 0 Å². The molecule has 0 radical (unpaired) electrons. The van der Waals surface area contributed by atoms with Crippen molar-refractivity contribution >= 4 is 0 Å². The van der Waals surface area contributed by atoms with E-state index in [0.717, 1.165) is 12.8 Å². The third-order valence-corrected chi connectivity index (χ3v) is 0.993. The Labute approximate surface area is 52.6 Å². The lowest BCUT2D eigenvalue weighted by molar-refractivity contribution is 0.943. The predicted octanol–water partition coefficient (Wildman–Crippen LogP) is 2.96. The SMILES string of the molecule is [CH2+]CC/C=C/CCC. The average molecular weight is 111 g/mol. The molecule has 0 saturated carbocycles. The van der Waals surface area contributed by atoms with E-state index in [0.29, 0.717) is 0 Å². The molecule has 8 heavy (non-hydrogen) atoms. The third kappa shape index (κ3) is 5.61. The summed E-state index contributed by atoms with van der Waals surface area (Å²) in [5, 5.41) is 0. The summed E-state index contributed by atoms with van der Waals surface area (Å²) in [6.45, 7) is 5.92. The zero-order chi connectivity index (χ0) is 6.24. The van der Waals surface area contributed by atoms with Gasteiger partial charge in [0.15, 0.2) is 0 Å². The molecule has 0 aromatic carbocycles. The van der Waals surface area contributed by atoms with Crippen LogP contribution in [0.4, 0.5) is 0 Å². The molecule has 0 aliphatic rings. The van der Waals surface area contributed by atoms with Crippen LogP contribution in [-0.4, -0.2) is 0 Å². The molecule has 0 nitrogen and oxygen atoms in total. The molecule has 0 rings (SSSR count). The van der Waals surface area contributed by atoms with Crippen LogP contribution >= 0.6 is 0 Å². The van der Waals surface area contributed by atoms with Crippen molar-refractivity contribution < 1.29 is 0 Å². The summed E-state index contributed by atoms with van der Waals surface area (Å²) < 4.78 is 0. The smallest absolute Gasteiger partial charge is 0.0884 e. The van der Waals surface area contributed by atoms with Crippen LogP contribution in [-0.2, 0) is 0 Å². The number of hydrogen-bond acceptors (Lipinski definition) is 0. The molecule has 0 fully saturated rings. The summed E-state index contributed by atoms with van der Waals surface area (Å²) in [6, 6.07) is 0. The van der Waals surface area contributed by atoms with Crippen molar-refractivity contribution in [2.24, 2.45) is 0 Å². The quantitative estimate of drug-likeness (QED) is 0.386. The van der Waals surface area contributed by atoms with E-state index in [1.165, 1.54) is 12.8 Å². The predicted molar refractivity (Wildman–Crippen MR) is 38.6 cm³/mol. The standard InChI is InChI=1S/C8H15/c1-3-5-7-8-6-4-2/h7-8H,1,3-6H2,2H3/q+1/b8-7+. The molecule has 0 saturated heterocycles. The van der Waals surface area contributed by atoms with Gasteiger partial charge in [-0.2, -0.15) is 0 Å². The molecule has 0 spiro atoms. The first kappa shape index (κ1) is 7.61. The highest BCUT2D eigenvalue weighted by Gasteiger charge is 1.76. The van der Waals surface area contributed by atoms with E-state index in [-0.39, 0.29) is 0 Å². The fourth-order valence-electron chi connectivity index (χ4n) is 0.520. The van der Waals surface area contributed by atoms with Crippen LogP contribution in [0, 0.1) is 6.92 Å². The van der Waals surface area contributed by atoms with Gasteiger partial charge in [-0.3, -0.25) is 0 Å². The molecule has 0 aromatic heterocycles. The summed E-state index contributed by atoms with van der Waals surface area (Å²) in [5.74, 6) is 0. The number of allylic oxidation sites excluding steroid dienone is 2. The Balaban J connectivity index is 2.83.